The van der Waals surface area contributed by atoms with Gasteiger partial charge in [-0.25, -0.2) is 18.7 Å². The Morgan fingerprint density at radius 2 is 1.42 bits per heavy atom. The zero-order valence-corrected chi connectivity index (χ0v) is 50.8. The van der Waals surface area contributed by atoms with Crippen LogP contribution in [0.4, 0.5) is 26.1 Å². The number of aliphatic hydroxyl groups excluding tert-OH is 1. The van der Waals surface area contributed by atoms with Crippen molar-refractivity contribution in [1.29, 1.82) is 0 Å². The molecule has 0 aliphatic carbocycles. The maximum Gasteiger partial charge on any atom is 0.249 e. The van der Waals surface area contributed by atoms with Gasteiger partial charge in [-0.05, 0) is 123 Å². The summed E-state index contributed by atoms with van der Waals surface area (Å²) in [4.78, 5) is 72.5. The minimum absolute atomic E-state index is 0.0243. The molecular weight excluding hydrogens is 1080 g/mol. The average molecular weight is 1180 g/mol. The summed E-state index contributed by atoms with van der Waals surface area (Å²) in [6.07, 6.45) is 7.23. The highest BCUT2D eigenvalue weighted by molar-refractivity contribution is 5.89. The number of benzene rings is 3. The number of aliphatic hydroxyl groups is 1. The molecule has 5 saturated heterocycles. The third-order valence-corrected chi connectivity index (χ3v) is 18.3. The van der Waals surface area contributed by atoms with Crippen LogP contribution in [0.5, 0.6) is 0 Å². The first-order chi connectivity index (χ1) is 40.8. The normalized spacial score (nSPS) is 21.0. The number of rotatable bonds is 26. The smallest absolute Gasteiger partial charge is 0.249 e. The number of nitrogens with one attached hydrogen (secondary N) is 5. The van der Waals surface area contributed by atoms with Crippen LogP contribution in [-0.2, 0) is 50.0 Å². The largest absolute Gasteiger partial charge is 0.383 e. The third kappa shape index (κ3) is 17.9. The second-order valence-corrected chi connectivity index (χ2v) is 26.2. The van der Waals surface area contributed by atoms with Gasteiger partial charge < -0.3 is 56.0 Å². The second-order valence-electron chi connectivity index (χ2n) is 26.2. The van der Waals surface area contributed by atoms with Gasteiger partial charge in [-0.15, -0.1) is 0 Å². The molecule has 0 bridgehead atoms. The number of aromatic nitrogens is 2. The SMILES string of the molecule is CC(C)C[C@H](NC(=O)[C@@H](O)[C@H](C)Cc1ccccc1)C(=O)NCCOCCN1CC[C@]2(CCN(CCC(=O)NCc3cccc(CNc4cc(N5CCC6(CC5)CN(c5cc(F)c(CN7CCC(C)(C)CC7)cc5F)CC(=O)N6)ncn4)c3)C2)C1. The molecule has 6 N–H and O–H groups in total. The van der Waals surface area contributed by atoms with Crippen LogP contribution in [-0.4, -0.2) is 169 Å². The molecule has 4 amide bonds. The summed E-state index contributed by atoms with van der Waals surface area (Å²) in [5, 5.41) is 26.3. The van der Waals surface area contributed by atoms with Crippen molar-refractivity contribution in [3.63, 3.8) is 0 Å². The Labute approximate surface area is 501 Å². The van der Waals surface area contributed by atoms with E-state index < -0.39 is 35.2 Å². The van der Waals surface area contributed by atoms with E-state index in [2.05, 4.69) is 76.1 Å². The Balaban J connectivity index is 0.640. The predicted octanol–water partition coefficient (Wildman–Crippen LogP) is 6.27. The Kier molecular flexibility index (Phi) is 21.5. The summed E-state index contributed by atoms with van der Waals surface area (Å²) in [5.74, 6) is -0.670. The highest BCUT2D eigenvalue weighted by Gasteiger charge is 2.44. The standard InChI is InChI=1S/C65H92F2N12O6/c1-46(2)32-54(73-62(84)60(82)47(3)33-48-10-7-6-8-11-48)61(83)68-21-30-85-31-29-77-26-18-64(43-77)17-25-76(42-64)22-14-58(80)70-39-50-13-9-12-49(34-50)38-69-56-37-57(72-45-71-56)78-27-19-65(20-28-78)44-79(41-59(81)74-65)55-36-52(66)51(35-53(55)67)40-75-23-15-63(4,5)16-24-75/h6-13,34-37,45-47,54,60,82H,14-33,38-44H2,1-5H3,(H,68,83)(H,70,80)(H,73,84)(H,74,81)(H,69,71,72)/t47-,54+,60+,64+/m1/s1. The maximum atomic E-state index is 15.8. The number of hydrogen-bond donors (Lipinski definition) is 6. The van der Waals surface area contributed by atoms with Gasteiger partial charge in [-0.2, -0.15) is 0 Å². The van der Waals surface area contributed by atoms with Gasteiger partial charge in [0.1, 0.15) is 41.7 Å². The van der Waals surface area contributed by atoms with Crippen molar-refractivity contribution in [2.24, 2.45) is 22.7 Å². The van der Waals surface area contributed by atoms with Gasteiger partial charge in [0.2, 0.25) is 23.6 Å². The molecule has 0 saturated carbocycles. The molecule has 2 spiro atoms. The first kappa shape index (κ1) is 63.2. The van der Waals surface area contributed by atoms with Crippen LogP contribution in [0.2, 0.25) is 0 Å². The molecule has 85 heavy (non-hydrogen) atoms. The number of anilines is 3. The molecule has 20 heteroatoms. The van der Waals surface area contributed by atoms with Crippen LogP contribution in [0.3, 0.4) is 0 Å². The van der Waals surface area contributed by atoms with E-state index in [9.17, 15) is 24.3 Å². The van der Waals surface area contributed by atoms with Crippen molar-refractivity contribution in [3.8, 4) is 0 Å². The lowest BCUT2D eigenvalue weighted by Crippen LogP contribution is -2.66. The van der Waals surface area contributed by atoms with Crippen LogP contribution < -0.4 is 36.4 Å². The fraction of sp³-hybridized carbons (Fsp3) is 0.600. The van der Waals surface area contributed by atoms with Gasteiger partial charge in [0, 0.05) is 96.1 Å². The number of piperazine rings is 1. The minimum atomic E-state index is -1.23. The fourth-order valence-corrected chi connectivity index (χ4v) is 13.0. The summed E-state index contributed by atoms with van der Waals surface area (Å²) in [6, 6.07) is 21.6. The lowest BCUT2D eigenvalue weighted by atomic mass is 9.82. The van der Waals surface area contributed by atoms with Crippen molar-refractivity contribution in [2.45, 2.75) is 130 Å². The monoisotopic (exact) mass is 1170 g/mol. The first-order valence-electron chi connectivity index (χ1n) is 31.0. The molecule has 9 rings (SSSR count). The molecule has 3 aromatic carbocycles. The number of ether oxygens (including phenoxy) is 1. The van der Waals surface area contributed by atoms with Crippen LogP contribution in [0, 0.1) is 34.3 Å². The predicted molar refractivity (Wildman–Crippen MR) is 327 cm³/mol. The molecule has 5 aliphatic rings. The summed E-state index contributed by atoms with van der Waals surface area (Å²) < 4.78 is 37.3. The van der Waals surface area contributed by atoms with Gasteiger partial charge in [0.15, 0.2) is 0 Å². The molecule has 5 aliphatic heterocycles. The van der Waals surface area contributed by atoms with Crippen molar-refractivity contribution in [1.82, 2.24) is 45.9 Å². The lowest BCUT2D eigenvalue weighted by molar-refractivity contribution is -0.136. The van der Waals surface area contributed by atoms with Gasteiger partial charge in [-0.1, -0.05) is 89.2 Å². The molecule has 0 radical (unpaired) electrons. The zero-order valence-electron chi connectivity index (χ0n) is 50.8. The molecule has 5 fully saturated rings. The number of carbonyl (C=O) groups is 4. The first-order valence-corrected chi connectivity index (χ1v) is 31.0. The summed E-state index contributed by atoms with van der Waals surface area (Å²) in [5.41, 5.74) is 3.45. The third-order valence-electron chi connectivity index (χ3n) is 18.3. The Bertz CT molecular complexity index is 2880. The van der Waals surface area contributed by atoms with Crippen LogP contribution >= 0.6 is 0 Å². The minimum Gasteiger partial charge on any atom is -0.383 e. The van der Waals surface area contributed by atoms with E-state index >= 15 is 8.78 Å². The zero-order chi connectivity index (χ0) is 60.1. The summed E-state index contributed by atoms with van der Waals surface area (Å²) >= 11 is 0. The van der Waals surface area contributed by atoms with Crippen molar-refractivity contribution >= 4 is 41.0 Å². The number of amides is 4. The van der Waals surface area contributed by atoms with Crippen LogP contribution in [0.25, 0.3) is 0 Å². The molecule has 18 nitrogen and oxygen atoms in total. The molecule has 4 aromatic rings. The van der Waals surface area contributed by atoms with Gasteiger partial charge >= 0.3 is 0 Å². The van der Waals surface area contributed by atoms with E-state index in [0.717, 1.165) is 94.0 Å². The highest BCUT2D eigenvalue weighted by Crippen LogP contribution is 2.40. The van der Waals surface area contributed by atoms with Crippen molar-refractivity contribution < 1.29 is 37.8 Å². The van der Waals surface area contributed by atoms with E-state index in [1.54, 1.807) is 11.2 Å². The molecule has 462 valence electrons. The maximum absolute atomic E-state index is 15.8. The van der Waals surface area contributed by atoms with Crippen molar-refractivity contribution in [3.05, 3.63) is 113 Å². The molecule has 4 atom stereocenters. The average Bonchev–Trinajstić information content (AvgIpc) is 2.11. The van der Waals surface area contributed by atoms with Gasteiger partial charge in [0.05, 0.1) is 31.0 Å². The van der Waals surface area contributed by atoms with E-state index in [1.807, 2.05) is 75.4 Å². The van der Waals surface area contributed by atoms with Gasteiger partial charge in [-0.3, -0.25) is 24.1 Å². The Hall–Kier alpha value is -6.32. The van der Waals surface area contributed by atoms with Crippen molar-refractivity contribution in [2.75, 3.05) is 113 Å². The van der Waals surface area contributed by atoms with Gasteiger partial charge in [0.25, 0.3) is 0 Å². The molecular formula is C65H92F2N12O6. The van der Waals surface area contributed by atoms with E-state index in [1.165, 1.54) is 12.1 Å². The number of halogens is 2. The lowest BCUT2D eigenvalue weighted by Gasteiger charge is -2.48. The second kappa shape index (κ2) is 28.9. The summed E-state index contributed by atoms with van der Waals surface area (Å²) in [7, 11) is 0. The van der Waals surface area contributed by atoms with E-state index in [4.69, 9.17) is 4.74 Å². The number of likely N-dealkylation sites (tertiary alicyclic amines) is 3. The quantitative estimate of drug-likeness (QED) is 0.0385. The number of nitrogens with zero attached hydrogens (tertiary/aromatic N) is 7. The number of piperidine rings is 2. The molecule has 1 aromatic heterocycles. The van der Waals surface area contributed by atoms with Crippen LogP contribution in [0.1, 0.15) is 108 Å². The fourth-order valence-electron chi connectivity index (χ4n) is 13.0. The number of hydrogen-bond acceptors (Lipinski definition) is 14. The number of carbonyl (C=O) groups excluding carboxylic acids is 4. The van der Waals surface area contributed by atoms with E-state index in [-0.39, 0.29) is 52.6 Å². The topological polar surface area (TPSA) is 200 Å². The van der Waals surface area contributed by atoms with Crippen LogP contribution in [0.15, 0.2) is 79.1 Å². The highest BCUT2D eigenvalue weighted by atomic mass is 19.1. The molecule has 0 unspecified atom stereocenters. The molecule has 6 heterocycles. The van der Waals surface area contributed by atoms with E-state index in [0.29, 0.717) is 109 Å². The summed E-state index contributed by atoms with van der Waals surface area (Å²) in [6.45, 7) is 21.6. The Morgan fingerprint density at radius 1 is 0.729 bits per heavy atom. The Morgan fingerprint density at radius 3 is 2.15 bits per heavy atom.